The van der Waals surface area contributed by atoms with Gasteiger partial charge >= 0.3 is 5.97 Å². The summed E-state index contributed by atoms with van der Waals surface area (Å²) in [5.74, 6) is -1.58. The van der Waals surface area contributed by atoms with Crippen LogP contribution in [0.3, 0.4) is 0 Å². The van der Waals surface area contributed by atoms with Crippen LogP contribution in [0.25, 0.3) is 0 Å². The van der Waals surface area contributed by atoms with Gasteiger partial charge in [-0.2, -0.15) is 0 Å². The van der Waals surface area contributed by atoms with Gasteiger partial charge in [-0.25, -0.2) is 4.79 Å². The highest BCUT2D eigenvalue weighted by Crippen LogP contribution is 2.67. The van der Waals surface area contributed by atoms with E-state index in [0.717, 1.165) is 11.8 Å². The van der Waals surface area contributed by atoms with Gasteiger partial charge in [-0.05, 0) is 30.0 Å². The summed E-state index contributed by atoms with van der Waals surface area (Å²) in [4.78, 5) is 24.5. The van der Waals surface area contributed by atoms with Gasteiger partial charge in [-0.3, -0.25) is 9.69 Å². The number of aliphatic hydroxyl groups is 1. The van der Waals surface area contributed by atoms with Crippen molar-refractivity contribution >= 4 is 47.2 Å². The maximum Gasteiger partial charge on any atom is 0.354 e. The maximum absolute atomic E-state index is 12.5. The Labute approximate surface area is 150 Å². The molecule has 9 nitrogen and oxygen atoms in total. The first-order valence-electron chi connectivity index (χ1n) is 7.11. The van der Waals surface area contributed by atoms with Gasteiger partial charge in [0, 0.05) is 0 Å². The Morgan fingerprint density at radius 1 is 1.46 bits per heavy atom. The molecule has 0 spiro atoms. The fourth-order valence-electron chi connectivity index (χ4n) is 2.77. The zero-order chi connectivity index (χ0) is 17.7. The van der Waals surface area contributed by atoms with Gasteiger partial charge in [0.25, 0.3) is 0 Å². The van der Waals surface area contributed by atoms with E-state index < -0.39 is 27.2 Å². The monoisotopic (exact) mass is 389 g/mol. The second-order valence-corrected chi connectivity index (χ2v) is 10.0. The predicted octanol–water partition coefficient (Wildman–Crippen LogP) is 2.47. The molecule has 2 N–H and O–H groups in total. The van der Waals surface area contributed by atoms with Gasteiger partial charge in [0.1, 0.15) is 5.92 Å². The number of carboxylic acid groups (broad SMARTS) is 1. The van der Waals surface area contributed by atoms with Crippen molar-refractivity contribution in [3.63, 3.8) is 0 Å². The second-order valence-electron chi connectivity index (χ2n) is 5.41. The molecule has 0 saturated carbocycles. The number of thioether (sulfide) groups is 3. The molecular weight excluding hydrogens is 374 g/mol. The average Bonchev–Trinajstić information content (AvgIpc) is 2.99. The summed E-state index contributed by atoms with van der Waals surface area (Å²) in [6.07, 6.45) is -0.874. The van der Waals surface area contributed by atoms with E-state index in [9.17, 15) is 19.8 Å². The molecule has 0 aliphatic carbocycles. The van der Waals surface area contributed by atoms with Gasteiger partial charge in [-0.15, -0.1) is 22.0 Å². The number of hydrogen-bond acceptors (Lipinski definition) is 10. The smallest absolute Gasteiger partial charge is 0.354 e. The van der Waals surface area contributed by atoms with Crippen molar-refractivity contribution in [2.75, 3.05) is 5.75 Å². The van der Waals surface area contributed by atoms with Crippen LogP contribution in [0.2, 0.25) is 0 Å². The van der Waals surface area contributed by atoms with Crippen molar-refractivity contribution in [2.45, 2.75) is 36.1 Å². The van der Waals surface area contributed by atoms with Crippen LogP contribution in [0.1, 0.15) is 20.8 Å². The van der Waals surface area contributed by atoms with E-state index in [2.05, 4.69) is 20.7 Å². The standard InChI is InChI=1S/C12H15N5O4S3/c1-4-22-12-6(5(2)18)8(19)17(12)7(9(20)21)10(24-12)23-11(3)13-15-16-14-11/h5-6,18H,4H2,1-3H3,(H,20,21)/t5?,6-,12+/m0/s1. The topological polar surface area (TPSA) is 127 Å². The highest BCUT2D eigenvalue weighted by Gasteiger charge is 2.69. The van der Waals surface area contributed by atoms with Crippen LogP contribution >= 0.6 is 35.3 Å². The molecule has 0 bridgehead atoms. The van der Waals surface area contributed by atoms with Crippen LogP contribution in [0.15, 0.2) is 30.6 Å². The summed E-state index contributed by atoms with van der Waals surface area (Å²) in [5, 5.41) is 34.4. The zero-order valence-electron chi connectivity index (χ0n) is 13.0. The number of fused-ring (bicyclic) bond motifs is 1. The number of aliphatic carboxylic acids is 1. The molecule has 3 heterocycles. The first-order chi connectivity index (χ1) is 11.3. The Balaban J connectivity index is 2.00. The molecule has 1 amide bonds. The van der Waals surface area contributed by atoms with Gasteiger partial charge in [0.2, 0.25) is 10.9 Å². The normalized spacial score (nSPS) is 31.4. The quantitative estimate of drug-likeness (QED) is 0.668. The highest BCUT2D eigenvalue weighted by atomic mass is 32.2. The molecule has 3 atom stereocenters. The molecular formula is C12H15N5O4S3. The minimum absolute atomic E-state index is 0.0913. The molecule has 1 unspecified atom stereocenters. The number of hydrogen-bond donors (Lipinski definition) is 2. The summed E-state index contributed by atoms with van der Waals surface area (Å²) in [7, 11) is 0. The number of carbonyl (C=O) groups excluding carboxylic acids is 1. The molecule has 3 aliphatic rings. The SMILES string of the molecule is CCS[C@]12SC(SC3(C)N=NN=N3)=C(C(=O)O)N1C(=O)[C@@H]2C(C)O. The minimum atomic E-state index is -1.20. The third-order valence-corrected chi connectivity index (χ3v) is 7.95. The van der Waals surface area contributed by atoms with Crippen LogP contribution in [0.5, 0.6) is 0 Å². The number of β-lactam (4-membered cyclic amide) rings is 1. The van der Waals surface area contributed by atoms with E-state index >= 15 is 0 Å². The molecule has 1 fully saturated rings. The lowest BCUT2D eigenvalue weighted by Gasteiger charge is -2.53. The fourth-order valence-corrected chi connectivity index (χ4v) is 8.01. The maximum atomic E-state index is 12.5. The first-order valence-corrected chi connectivity index (χ1v) is 9.73. The van der Waals surface area contributed by atoms with Crippen LogP contribution in [0, 0.1) is 5.92 Å². The van der Waals surface area contributed by atoms with E-state index in [1.54, 1.807) is 13.8 Å². The molecule has 130 valence electrons. The number of aliphatic hydroxyl groups excluding tert-OH is 1. The average molecular weight is 389 g/mol. The third-order valence-electron chi connectivity index (χ3n) is 3.67. The van der Waals surface area contributed by atoms with Crippen LogP contribution in [0.4, 0.5) is 0 Å². The van der Waals surface area contributed by atoms with E-state index in [0.29, 0.717) is 9.99 Å². The molecule has 0 radical (unpaired) electrons. The van der Waals surface area contributed by atoms with E-state index in [1.807, 2.05) is 6.92 Å². The van der Waals surface area contributed by atoms with Crippen LogP contribution in [-0.4, -0.2) is 48.0 Å². The molecule has 0 aromatic heterocycles. The minimum Gasteiger partial charge on any atom is -0.477 e. The number of amides is 1. The summed E-state index contributed by atoms with van der Waals surface area (Å²) in [6, 6.07) is 0. The summed E-state index contributed by atoms with van der Waals surface area (Å²) in [5.41, 5.74) is -0.0913. The highest BCUT2D eigenvalue weighted by molar-refractivity contribution is 8.29. The van der Waals surface area contributed by atoms with Crippen molar-refractivity contribution in [2.24, 2.45) is 26.6 Å². The molecule has 12 heteroatoms. The van der Waals surface area contributed by atoms with Gasteiger partial charge < -0.3 is 10.2 Å². The summed E-state index contributed by atoms with van der Waals surface area (Å²) in [6.45, 7) is 5.13. The molecule has 24 heavy (non-hydrogen) atoms. The lowest BCUT2D eigenvalue weighted by atomic mass is 9.91. The Kier molecular flexibility index (Phi) is 4.43. The summed E-state index contributed by atoms with van der Waals surface area (Å²) >= 11 is 3.79. The molecule has 1 saturated heterocycles. The van der Waals surface area contributed by atoms with Gasteiger partial charge in [0.15, 0.2) is 9.90 Å². The largest absolute Gasteiger partial charge is 0.477 e. The zero-order valence-corrected chi connectivity index (χ0v) is 15.5. The Morgan fingerprint density at radius 3 is 2.58 bits per heavy atom. The van der Waals surface area contributed by atoms with Crippen molar-refractivity contribution in [3.8, 4) is 0 Å². The van der Waals surface area contributed by atoms with E-state index in [-0.39, 0.29) is 11.6 Å². The number of nitrogens with zero attached hydrogens (tertiary/aromatic N) is 5. The van der Waals surface area contributed by atoms with Crippen LogP contribution in [-0.2, 0) is 9.59 Å². The first kappa shape index (κ1) is 17.7. The number of rotatable bonds is 6. The molecule has 0 aromatic rings. The Hall–Kier alpha value is -1.11. The van der Waals surface area contributed by atoms with Crippen molar-refractivity contribution in [1.82, 2.24) is 4.90 Å². The second kappa shape index (κ2) is 6.00. The van der Waals surface area contributed by atoms with E-state index in [1.165, 1.54) is 28.4 Å². The third kappa shape index (κ3) is 2.47. The predicted molar refractivity (Wildman–Crippen MR) is 90.8 cm³/mol. The van der Waals surface area contributed by atoms with Gasteiger partial charge in [-0.1, -0.05) is 30.4 Å². The number of carbonyl (C=O) groups is 2. The Bertz CT molecular complexity index is 682. The van der Waals surface area contributed by atoms with Crippen molar-refractivity contribution in [1.29, 1.82) is 0 Å². The molecule has 0 aromatic carbocycles. The fraction of sp³-hybridized carbons (Fsp3) is 0.667. The van der Waals surface area contributed by atoms with E-state index in [4.69, 9.17) is 0 Å². The summed E-state index contributed by atoms with van der Waals surface area (Å²) < 4.78 is -0.429. The van der Waals surface area contributed by atoms with Crippen LogP contribution < -0.4 is 0 Å². The van der Waals surface area contributed by atoms with Gasteiger partial charge in [0.05, 0.1) is 10.3 Å². The van der Waals surface area contributed by atoms with Crippen molar-refractivity contribution < 1.29 is 19.8 Å². The van der Waals surface area contributed by atoms with Crippen molar-refractivity contribution in [3.05, 3.63) is 9.93 Å². The lowest BCUT2D eigenvalue weighted by Crippen LogP contribution is -2.68. The molecule has 3 rings (SSSR count). The lowest BCUT2D eigenvalue weighted by molar-refractivity contribution is -0.159. The number of carboxylic acids is 1. The Morgan fingerprint density at radius 2 is 2.08 bits per heavy atom. The molecule has 3 aliphatic heterocycles.